The van der Waals surface area contributed by atoms with Gasteiger partial charge >= 0.3 is 0 Å². The quantitative estimate of drug-likeness (QED) is 0.723. The van der Waals surface area contributed by atoms with E-state index in [9.17, 15) is 4.79 Å². The summed E-state index contributed by atoms with van der Waals surface area (Å²) in [5.74, 6) is 1.40. The molecule has 1 saturated heterocycles. The van der Waals surface area contributed by atoms with Gasteiger partial charge in [0.15, 0.2) is 0 Å². The van der Waals surface area contributed by atoms with Crippen LogP contribution in [0.5, 0.6) is 11.5 Å². The Morgan fingerprint density at radius 2 is 2.00 bits per heavy atom. The number of benzene rings is 1. The first-order chi connectivity index (χ1) is 12.7. The smallest absolute Gasteiger partial charge is 0.254 e. The molecule has 0 unspecified atom stereocenters. The van der Waals surface area contributed by atoms with E-state index in [1.807, 2.05) is 60.7 Å². The number of carbonyl (C=O) groups excluding carboxylic acids is 1. The van der Waals surface area contributed by atoms with E-state index in [4.69, 9.17) is 4.74 Å². The SMILES string of the molecule is Cn1cc([C@@H]2CCCN2C(=O)c2ccc(Oc3cccnc3)cc2)cn1. The minimum atomic E-state index is 0.0456. The van der Waals surface area contributed by atoms with Crippen LogP contribution in [0.15, 0.2) is 61.2 Å². The van der Waals surface area contributed by atoms with Crippen molar-refractivity contribution in [3.8, 4) is 11.5 Å². The third kappa shape index (κ3) is 3.31. The predicted octanol–water partition coefficient (Wildman–Crippen LogP) is 3.58. The van der Waals surface area contributed by atoms with Gasteiger partial charge in [0.25, 0.3) is 5.91 Å². The van der Waals surface area contributed by atoms with Gasteiger partial charge < -0.3 is 9.64 Å². The summed E-state index contributed by atoms with van der Waals surface area (Å²) in [7, 11) is 1.89. The van der Waals surface area contributed by atoms with Crippen LogP contribution in [0.4, 0.5) is 0 Å². The molecule has 0 N–H and O–H groups in total. The molecule has 1 atom stereocenters. The van der Waals surface area contributed by atoms with Gasteiger partial charge in [-0.3, -0.25) is 14.5 Å². The van der Waals surface area contributed by atoms with Crippen LogP contribution < -0.4 is 4.74 Å². The summed E-state index contributed by atoms with van der Waals surface area (Å²) >= 11 is 0. The first kappa shape index (κ1) is 16.3. The maximum Gasteiger partial charge on any atom is 0.254 e. The third-order valence-corrected chi connectivity index (χ3v) is 4.59. The molecule has 1 amide bonds. The molecule has 1 aliphatic rings. The van der Waals surface area contributed by atoms with Crippen LogP contribution in [-0.2, 0) is 7.05 Å². The Labute approximate surface area is 152 Å². The summed E-state index contributed by atoms with van der Waals surface area (Å²) in [4.78, 5) is 18.9. The second-order valence-corrected chi connectivity index (χ2v) is 6.42. The molecule has 132 valence electrons. The average Bonchev–Trinajstić information content (AvgIpc) is 3.31. The predicted molar refractivity (Wildman–Crippen MR) is 97.0 cm³/mol. The highest BCUT2D eigenvalue weighted by atomic mass is 16.5. The van der Waals surface area contributed by atoms with Gasteiger partial charge in [0.1, 0.15) is 11.5 Å². The van der Waals surface area contributed by atoms with Gasteiger partial charge in [-0.1, -0.05) is 0 Å². The summed E-state index contributed by atoms with van der Waals surface area (Å²) in [5, 5.41) is 4.24. The van der Waals surface area contributed by atoms with Gasteiger partial charge in [0.05, 0.1) is 18.4 Å². The topological polar surface area (TPSA) is 60.2 Å². The molecule has 0 saturated carbocycles. The van der Waals surface area contributed by atoms with Crippen LogP contribution in [-0.4, -0.2) is 32.1 Å². The molecular weight excluding hydrogens is 328 g/mol. The van der Waals surface area contributed by atoms with Crippen molar-refractivity contribution in [3.05, 3.63) is 72.3 Å². The number of aryl methyl sites for hydroxylation is 1. The van der Waals surface area contributed by atoms with E-state index in [0.717, 1.165) is 24.9 Å². The number of nitrogens with zero attached hydrogens (tertiary/aromatic N) is 4. The molecule has 4 rings (SSSR count). The molecule has 3 heterocycles. The Hall–Kier alpha value is -3.15. The van der Waals surface area contributed by atoms with Gasteiger partial charge in [-0.05, 0) is 49.2 Å². The van der Waals surface area contributed by atoms with Crippen LogP contribution >= 0.6 is 0 Å². The number of ether oxygens (including phenoxy) is 1. The zero-order valence-electron chi connectivity index (χ0n) is 14.6. The summed E-state index contributed by atoms with van der Waals surface area (Å²) in [6.45, 7) is 0.770. The van der Waals surface area contributed by atoms with Crippen molar-refractivity contribution in [2.75, 3.05) is 6.54 Å². The minimum absolute atomic E-state index is 0.0456. The van der Waals surface area contributed by atoms with E-state index >= 15 is 0 Å². The number of hydrogen-bond donors (Lipinski definition) is 0. The summed E-state index contributed by atoms with van der Waals surface area (Å²) in [5.41, 5.74) is 1.76. The molecule has 2 aromatic heterocycles. The lowest BCUT2D eigenvalue weighted by atomic mass is 10.1. The van der Waals surface area contributed by atoms with Crippen molar-refractivity contribution in [3.63, 3.8) is 0 Å². The lowest BCUT2D eigenvalue weighted by Crippen LogP contribution is -2.30. The van der Waals surface area contributed by atoms with Crippen molar-refractivity contribution in [2.45, 2.75) is 18.9 Å². The number of pyridine rings is 1. The van der Waals surface area contributed by atoms with Crippen molar-refractivity contribution in [1.29, 1.82) is 0 Å². The van der Waals surface area contributed by atoms with Gasteiger partial charge in [-0.25, -0.2) is 0 Å². The van der Waals surface area contributed by atoms with E-state index in [-0.39, 0.29) is 11.9 Å². The maximum absolute atomic E-state index is 13.0. The highest BCUT2D eigenvalue weighted by Gasteiger charge is 2.31. The minimum Gasteiger partial charge on any atom is -0.456 e. The number of amides is 1. The Kier molecular flexibility index (Phi) is 4.39. The highest BCUT2D eigenvalue weighted by molar-refractivity contribution is 5.94. The fourth-order valence-electron chi connectivity index (χ4n) is 3.34. The van der Waals surface area contributed by atoms with Gasteiger partial charge in [-0.15, -0.1) is 0 Å². The van der Waals surface area contributed by atoms with Crippen molar-refractivity contribution >= 4 is 5.91 Å². The normalized spacial score (nSPS) is 16.7. The molecule has 1 aliphatic heterocycles. The molecule has 1 fully saturated rings. The molecule has 3 aromatic rings. The number of aromatic nitrogens is 3. The Morgan fingerprint density at radius 3 is 2.69 bits per heavy atom. The monoisotopic (exact) mass is 348 g/mol. The summed E-state index contributed by atoms with van der Waals surface area (Å²) < 4.78 is 7.51. The average molecular weight is 348 g/mol. The third-order valence-electron chi connectivity index (χ3n) is 4.59. The van der Waals surface area contributed by atoms with Crippen LogP contribution in [0.2, 0.25) is 0 Å². The van der Waals surface area contributed by atoms with Crippen LogP contribution in [0.3, 0.4) is 0 Å². The molecular formula is C20H20N4O2. The van der Waals surface area contributed by atoms with Crippen molar-refractivity contribution in [1.82, 2.24) is 19.7 Å². The summed E-state index contributed by atoms with van der Waals surface area (Å²) in [6, 6.07) is 11.0. The standard InChI is InChI=1S/C20H20N4O2/c1-23-14-16(12-22-23)19-5-3-11-24(19)20(25)15-6-8-17(9-7-15)26-18-4-2-10-21-13-18/h2,4,6-10,12-14,19H,3,5,11H2,1H3/t19-/m0/s1. The first-order valence-corrected chi connectivity index (χ1v) is 8.68. The molecule has 0 bridgehead atoms. The molecule has 1 aromatic carbocycles. The lowest BCUT2D eigenvalue weighted by Gasteiger charge is -2.24. The van der Waals surface area contributed by atoms with Crippen LogP contribution in [0.1, 0.15) is 34.8 Å². The van der Waals surface area contributed by atoms with E-state index in [0.29, 0.717) is 17.1 Å². The molecule has 0 aliphatic carbocycles. The molecule has 6 nitrogen and oxygen atoms in total. The van der Waals surface area contributed by atoms with E-state index in [1.165, 1.54) is 0 Å². The highest BCUT2D eigenvalue weighted by Crippen LogP contribution is 2.33. The fourth-order valence-corrected chi connectivity index (χ4v) is 3.34. The van der Waals surface area contributed by atoms with Crippen LogP contribution in [0.25, 0.3) is 0 Å². The molecule has 6 heteroatoms. The number of hydrogen-bond acceptors (Lipinski definition) is 4. The van der Waals surface area contributed by atoms with E-state index in [2.05, 4.69) is 10.1 Å². The zero-order chi connectivity index (χ0) is 17.9. The molecule has 0 spiro atoms. The summed E-state index contributed by atoms with van der Waals surface area (Å²) in [6.07, 6.45) is 9.17. The van der Waals surface area contributed by atoms with E-state index in [1.54, 1.807) is 17.1 Å². The maximum atomic E-state index is 13.0. The largest absolute Gasteiger partial charge is 0.456 e. The van der Waals surface area contributed by atoms with Crippen molar-refractivity contribution in [2.24, 2.45) is 7.05 Å². The van der Waals surface area contributed by atoms with E-state index < -0.39 is 0 Å². The van der Waals surface area contributed by atoms with Gasteiger partial charge in [-0.2, -0.15) is 5.10 Å². The second-order valence-electron chi connectivity index (χ2n) is 6.42. The number of likely N-dealkylation sites (tertiary alicyclic amines) is 1. The lowest BCUT2D eigenvalue weighted by molar-refractivity contribution is 0.0735. The zero-order valence-corrected chi connectivity index (χ0v) is 14.6. The molecule has 0 radical (unpaired) electrons. The first-order valence-electron chi connectivity index (χ1n) is 8.68. The Bertz CT molecular complexity index is 890. The van der Waals surface area contributed by atoms with Gasteiger partial charge in [0.2, 0.25) is 0 Å². The Morgan fingerprint density at radius 1 is 1.15 bits per heavy atom. The molecule has 26 heavy (non-hydrogen) atoms. The van der Waals surface area contributed by atoms with Gasteiger partial charge in [0, 0.05) is 37.1 Å². The number of carbonyl (C=O) groups is 1. The van der Waals surface area contributed by atoms with Crippen molar-refractivity contribution < 1.29 is 9.53 Å². The Balaban J connectivity index is 1.49. The fraction of sp³-hybridized carbons (Fsp3) is 0.250. The number of rotatable bonds is 4. The second kappa shape index (κ2) is 7.00. The van der Waals surface area contributed by atoms with Crippen LogP contribution in [0, 0.1) is 0 Å².